The largest absolute Gasteiger partial charge is 0.466 e. The molecule has 0 spiro atoms. The van der Waals surface area contributed by atoms with Crippen molar-refractivity contribution in [3.05, 3.63) is 0 Å². The number of ether oxygens (including phenoxy) is 2. The molecule has 0 atom stereocenters. The number of halogens is 1. The highest BCUT2D eigenvalue weighted by Crippen LogP contribution is 2.20. The molecule has 7 nitrogen and oxygen atoms in total. The first kappa shape index (κ1) is 25.4. The molecule has 0 aromatic rings. The number of piperidine rings is 2. The van der Waals surface area contributed by atoms with Gasteiger partial charge < -0.3 is 24.6 Å². The zero-order chi connectivity index (χ0) is 19.5. The summed E-state index contributed by atoms with van der Waals surface area (Å²) in [6, 6.07) is 0. The predicted molar refractivity (Wildman–Crippen MR) is 123 cm³/mol. The summed E-state index contributed by atoms with van der Waals surface area (Å²) in [6.07, 6.45) is 4.11. The second-order valence-electron chi connectivity index (χ2n) is 7.49. The van der Waals surface area contributed by atoms with Gasteiger partial charge in [-0.2, -0.15) is 0 Å². The summed E-state index contributed by atoms with van der Waals surface area (Å²) in [5.74, 6) is 1.66. The van der Waals surface area contributed by atoms with Crippen molar-refractivity contribution in [1.29, 1.82) is 0 Å². The molecule has 0 saturated carbocycles. The minimum Gasteiger partial charge on any atom is -0.466 e. The fourth-order valence-corrected chi connectivity index (χ4v) is 3.84. The van der Waals surface area contributed by atoms with Crippen LogP contribution in [0, 0.1) is 11.8 Å². The molecule has 28 heavy (non-hydrogen) atoms. The van der Waals surface area contributed by atoms with Crippen LogP contribution in [0.25, 0.3) is 0 Å². The molecule has 164 valence electrons. The Morgan fingerprint density at radius 2 is 1.79 bits per heavy atom. The molecule has 0 bridgehead atoms. The summed E-state index contributed by atoms with van der Waals surface area (Å²) in [5, 5.41) is 3.43. The molecule has 1 N–H and O–H groups in total. The molecule has 0 unspecified atom stereocenters. The first-order chi connectivity index (χ1) is 13.2. The van der Waals surface area contributed by atoms with Crippen LogP contribution in [0.15, 0.2) is 4.99 Å². The standard InChI is InChI=1S/C20H38N4O3.HI/c1-4-21-20(24-12-8-18(9-13-24)19(25)27-5-2)22-16-17-6-10-23(11-7-17)14-15-26-3;/h17-18H,4-16H2,1-3H3,(H,21,22);1H. The highest BCUT2D eigenvalue weighted by molar-refractivity contribution is 14.0. The van der Waals surface area contributed by atoms with Crippen molar-refractivity contribution >= 4 is 35.9 Å². The molecular weight excluding hydrogens is 471 g/mol. The normalized spacial score (nSPS) is 20.0. The predicted octanol–water partition coefficient (Wildman–Crippen LogP) is 2.20. The molecule has 2 fully saturated rings. The van der Waals surface area contributed by atoms with Crippen molar-refractivity contribution in [3.63, 3.8) is 0 Å². The van der Waals surface area contributed by atoms with Gasteiger partial charge in [0.2, 0.25) is 0 Å². The first-order valence-corrected chi connectivity index (χ1v) is 10.6. The van der Waals surface area contributed by atoms with Gasteiger partial charge in [0.15, 0.2) is 5.96 Å². The third-order valence-electron chi connectivity index (χ3n) is 5.57. The van der Waals surface area contributed by atoms with Gasteiger partial charge in [0.1, 0.15) is 0 Å². The van der Waals surface area contributed by atoms with E-state index < -0.39 is 0 Å². The quantitative estimate of drug-likeness (QED) is 0.234. The van der Waals surface area contributed by atoms with Crippen LogP contribution >= 0.6 is 24.0 Å². The summed E-state index contributed by atoms with van der Waals surface area (Å²) in [6.45, 7) is 12.1. The van der Waals surface area contributed by atoms with Gasteiger partial charge in [-0.05, 0) is 58.5 Å². The lowest BCUT2D eigenvalue weighted by atomic mass is 9.96. The monoisotopic (exact) mass is 510 g/mol. The van der Waals surface area contributed by atoms with Crippen molar-refractivity contribution < 1.29 is 14.3 Å². The Balaban J connectivity index is 0.00000392. The molecule has 2 rings (SSSR count). The fourth-order valence-electron chi connectivity index (χ4n) is 3.84. The Hall–Kier alpha value is -0.610. The number of methoxy groups -OCH3 is 1. The van der Waals surface area contributed by atoms with E-state index in [0.29, 0.717) is 12.5 Å². The maximum atomic E-state index is 11.9. The highest BCUT2D eigenvalue weighted by atomic mass is 127. The SMILES string of the molecule is CCNC(=NCC1CCN(CCOC)CC1)N1CCC(C(=O)OCC)CC1.I. The molecule has 2 heterocycles. The Kier molecular flexibility index (Phi) is 13.1. The Morgan fingerprint density at radius 1 is 1.11 bits per heavy atom. The van der Waals surface area contributed by atoms with E-state index in [2.05, 4.69) is 22.0 Å². The number of esters is 1. The first-order valence-electron chi connectivity index (χ1n) is 10.6. The second kappa shape index (κ2) is 14.4. The summed E-state index contributed by atoms with van der Waals surface area (Å²) in [7, 11) is 1.76. The molecule has 0 amide bonds. The van der Waals surface area contributed by atoms with Crippen molar-refractivity contribution in [2.75, 3.05) is 66.1 Å². The number of hydrogen-bond donors (Lipinski definition) is 1. The maximum absolute atomic E-state index is 11.9. The number of nitrogens with one attached hydrogen (secondary N) is 1. The van der Waals surface area contributed by atoms with Gasteiger partial charge in [0, 0.05) is 39.8 Å². The summed E-state index contributed by atoms with van der Waals surface area (Å²) < 4.78 is 10.3. The van der Waals surface area contributed by atoms with E-state index in [-0.39, 0.29) is 35.9 Å². The number of rotatable bonds is 8. The van der Waals surface area contributed by atoms with E-state index in [1.165, 1.54) is 12.8 Å². The Morgan fingerprint density at radius 3 is 2.36 bits per heavy atom. The van der Waals surface area contributed by atoms with E-state index in [0.717, 1.165) is 71.2 Å². The Bertz CT molecular complexity index is 462. The van der Waals surface area contributed by atoms with Gasteiger partial charge in [0.05, 0.1) is 19.1 Å². The van der Waals surface area contributed by atoms with Gasteiger partial charge >= 0.3 is 5.97 Å². The van der Waals surface area contributed by atoms with Crippen LogP contribution in [0.3, 0.4) is 0 Å². The maximum Gasteiger partial charge on any atom is 0.309 e. The minimum absolute atomic E-state index is 0. The van der Waals surface area contributed by atoms with E-state index in [9.17, 15) is 4.79 Å². The number of guanidine groups is 1. The van der Waals surface area contributed by atoms with Crippen LogP contribution in [0.2, 0.25) is 0 Å². The van der Waals surface area contributed by atoms with Crippen LogP contribution in [-0.2, 0) is 14.3 Å². The lowest BCUT2D eigenvalue weighted by Crippen LogP contribution is -2.47. The molecule has 0 aromatic heterocycles. The molecular formula is C20H39IN4O3. The highest BCUT2D eigenvalue weighted by Gasteiger charge is 2.27. The summed E-state index contributed by atoms with van der Waals surface area (Å²) >= 11 is 0. The zero-order valence-electron chi connectivity index (χ0n) is 17.8. The van der Waals surface area contributed by atoms with Gasteiger partial charge in [0.25, 0.3) is 0 Å². The number of nitrogens with zero attached hydrogens (tertiary/aromatic N) is 3. The molecule has 2 saturated heterocycles. The summed E-state index contributed by atoms with van der Waals surface area (Å²) in [4.78, 5) is 21.6. The van der Waals surface area contributed by atoms with E-state index >= 15 is 0 Å². The molecule has 0 aromatic carbocycles. The van der Waals surface area contributed by atoms with Crippen LogP contribution in [-0.4, -0.2) is 87.9 Å². The number of likely N-dealkylation sites (tertiary alicyclic amines) is 2. The fraction of sp³-hybridized carbons (Fsp3) is 0.900. The third-order valence-corrected chi connectivity index (χ3v) is 5.57. The smallest absolute Gasteiger partial charge is 0.309 e. The Labute approximate surface area is 187 Å². The van der Waals surface area contributed by atoms with Crippen LogP contribution < -0.4 is 5.32 Å². The van der Waals surface area contributed by atoms with Gasteiger partial charge in [-0.25, -0.2) is 0 Å². The van der Waals surface area contributed by atoms with Gasteiger partial charge in [-0.15, -0.1) is 24.0 Å². The number of aliphatic imine (C=N–C) groups is 1. The molecule has 2 aliphatic rings. The van der Waals surface area contributed by atoms with Crippen LogP contribution in [0.4, 0.5) is 0 Å². The lowest BCUT2D eigenvalue weighted by molar-refractivity contribution is -0.149. The van der Waals surface area contributed by atoms with Crippen molar-refractivity contribution in [1.82, 2.24) is 15.1 Å². The summed E-state index contributed by atoms with van der Waals surface area (Å²) in [5.41, 5.74) is 0. The lowest BCUT2D eigenvalue weighted by Gasteiger charge is -2.34. The molecule has 0 aliphatic carbocycles. The van der Waals surface area contributed by atoms with Crippen LogP contribution in [0.1, 0.15) is 39.5 Å². The van der Waals surface area contributed by atoms with Crippen LogP contribution in [0.5, 0.6) is 0 Å². The van der Waals surface area contributed by atoms with Crippen molar-refractivity contribution in [2.24, 2.45) is 16.8 Å². The van der Waals surface area contributed by atoms with E-state index in [1.54, 1.807) is 7.11 Å². The number of carbonyl (C=O) groups excluding carboxylic acids is 1. The van der Waals surface area contributed by atoms with E-state index in [1.807, 2.05) is 6.92 Å². The molecule has 8 heteroatoms. The number of carbonyl (C=O) groups is 1. The zero-order valence-corrected chi connectivity index (χ0v) is 20.2. The van der Waals surface area contributed by atoms with E-state index in [4.69, 9.17) is 14.5 Å². The minimum atomic E-state index is -0.0423. The van der Waals surface area contributed by atoms with Gasteiger partial charge in [-0.1, -0.05) is 0 Å². The third kappa shape index (κ3) is 8.41. The van der Waals surface area contributed by atoms with Gasteiger partial charge in [-0.3, -0.25) is 9.79 Å². The molecule has 0 radical (unpaired) electrons. The second-order valence-corrected chi connectivity index (χ2v) is 7.49. The van der Waals surface area contributed by atoms with Crippen molar-refractivity contribution in [3.8, 4) is 0 Å². The topological polar surface area (TPSA) is 66.4 Å². The number of hydrogen-bond acceptors (Lipinski definition) is 5. The van der Waals surface area contributed by atoms with Crippen molar-refractivity contribution in [2.45, 2.75) is 39.5 Å². The average molecular weight is 510 g/mol. The average Bonchev–Trinajstić information content (AvgIpc) is 2.70. The molecule has 2 aliphatic heterocycles.